The third-order valence-corrected chi connectivity index (χ3v) is 7.69. The summed E-state index contributed by atoms with van der Waals surface area (Å²) in [6.45, 7) is 7.66. The average molecular weight is 550 g/mol. The van der Waals surface area contributed by atoms with Gasteiger partial charge in [-0.1, -0.05) is 20.8 Å². The molecule has 0 aliphatic carbocycles. The van der Waals surface area contributed by atoms with E-state index in [0.717, 1.165) is 48.6 Å². The maximum absolute atomic E-state index is 12.5. The van der Waals surface area contributed by atoms with Gasteiger partial charge in [-0.15, -0.1) is 11.3 Å². The van der Waals surface area contributed by atoms with Gasteiger partial charge in [-0.05, 0) is 48.7 Å². The quantitative estimate of drug-likeness (QED) is 0.194. The SMILES string of the molecule is CC(=O)c1ccc(-c2ccnc3[nH]c(-c4n[nH]c5ncc(-c6cncc(NC(=O)CC(C)(C)C)c6)cc45)cc23)s1. The van der Waals surface area contributed by atoms with Crippen LogP contribution < -0.4 is 5.32 Å². The summed E-state index contributed by atoms with van der Waals surface area (Å²) in [5.41, 5.74) is 6.09. The predicted molar refractivity (Wildman–Crippen MR) is 158 cm³/mol. The van der Waals surface area contributed by atoms with E-state index in [1.807, 2.05) is 57.2 Å². The molecule has 3 N–H and O–H groups in total. The zero-order valence-corrected chi connectivity index (χ0v) is 23.3. The minimum atomic E-state index is -0.109. The number of hydrogen-bond acceptors (Lipinski definition) is 7. The normalized spacial score (nSPS) is 11.8. The van der Waals surface area contributed by atoms with Crippen molar-refractivity contribution in [1.82, 2.24) is 30.1 Å². The second-order valence-electron chi connectivity index (χ2n) is 11.0. The summed E-state index contributed by atoms with van der Waals surface area (Å²) in [4.78, 5) is 42.9. The lowest BCUT2D eigenvalue weighted by Crippen LogP contribution is -2.19. The summed E-state index contributed by atoms with van der Waals surface area (Å²) < 4.78 is 0. The van der Waals surface area contributed by atoms with Crippen molar-refractivity contribution in [2.24, 2.45) is 5.41 Å². The summed E-state index contributed by atoms with van der Waals surface area (Å²) in [5, 5.41) is 12.3. The van der Waals surface area contributed by atoms with Gasteiger partial charge in [0.25, 0.3) is 0 Å². The van der Waals surface area contributed by atoms with Gasteiger partial charge in [0.1, 0.15) is 11.3 Å². The van der Waals surface area contributed by atoms with Crippen molar-refractivity contribution >= 4 is 50.8 Å². The van der Waals surface area contributed by atoms with Crippen LogP contribution in [0, 0.1) is 5.41 Å². The number of nitrogens with zero attached hydrogens (tertiary/aromatic N) is 4. The monoisotopic (exact) mass is 549 g/mol. The summed E-state index contributed by atoms with van der Waals surface area (Å²) >= 11 is 1.47. The number of H-pyrrole nitrogens is 2. The van der Waals surface area contributed by atoms with E-state index >= 15 is 0 Å². The Morgan fingerprint density at radius 3 is 2.55 bits per heavy atom. The first-order valence-corrected chi connectivity index (χ1v) is 13.6. The number of carbonyl (C=O) groups excluding carboxylic acids is 2. The second kappa shape index (κ2) is 9.80. The number of pyridine rings is 3. The number of aromatic nitrogens is 6. The summed E-state index contributed by atoms with van der Waals surface area (Å²) in [6.07, 6.45) is 7.32. The van der Waals surface area contributed by atoms with E-state index < -0.39 is 0 Å². The molecule has 9 nitrogen and oxygen atoms in total. The minimum absolute atomic E-state index is 0.0515. The fraction of sp³-hybridized carbons (Fsp3) is 0.200. The molecule has 0 fully saturated rings. The molecule has 6 rings (SSSR count). The van der Waals surface area contributed by atoms with Crippen LogP contribution in [0.2, 0.25) is 0 Å². The van der Waals surface area contributed by atoms with Crippen LogP contribution in [-0.2, 0) is 4.79 Å². The molecule has 6 aromatic heterocycles. The standard InChI is InChI=1S/C30H27N7O2S/c1-16(38)24-5-6-25(40-24)20-7-8-32-28-21(20)11-23(35-28)27-22-10-18(14-33-29(22)37-36-27)17-9-19(15-31-13-17)34-26(39)12-30(2,3)4/h5-11,13-15H,12H2,1-4H3,(H,32,35)(H,34,39)(H,33,36,37). The highest BCUT2D eigenvalue weighted by molar-refractivity contribution is 7.17. The molecule has 6 heterocycles. The first kappa shape index (κ1) is 25.6. The highest BCUT2D eigenvalue weighted by atomic mass is 32.1. The van der Waals surface area contributed by atoms with Crippen molar-refractivity contribution in [2.45, 2.75) is 34.1 Å². The van der Waals surface area contributed by atoms with Gasteiger partial charge < -0.3 is 10.3 Å². The number of ketones is 1. The number of nitrogens with one attached hydrogen (secondary N) is 3. The molecule has 0 aromatic carbocycles. The highest BCUT2D eigenvalue weighted by Crippen LogP contribution is 2.36. The van der Waals surface area contributed by atoms with Crippen LogP contribution >= 0.6 is 11.3 Å². The van der Waals surface area contributed by atoms with E-state index in [4.69, 9.17) is 0 Å². The maximum atomic E-state index is 12.5. The average Bonchev–Trinajstić information content (AvgIpc) is 3.65. The van der Waals surface area contributed by atoms with Gasteiger partial charge in [0, 0.05) is 57.4 Å². The Bertz CT molecular complexity index is 1910. The van der Waals surface area contributed by atoms with Crippen LogP contribution in [0.15, 0.2) is 61.2 Å². The van der Waals surface area contributed by atoms with Gasteiger partial charge in [-0.2, -0.15) is 5.10 Å². The van der Waals surface area contributed by atoms with Crippen LogP contribution in [0.4, 0.5) is 5.69 Å². The van der Waals surface area contributed by atoms with Crippen molar-refractivity contribution in [2.75, 3.05) is 5.32 Å². The fourth-order valence-corrected chi connectivity index (χ4v) is 5.60. The fourth-order valence-electron chi connectivity index (χ4n) is 4.66. The molecule has 0 aliphatic heterocycles. The zero-order valence-electron chi connectivity index (χ0n) is 22.5. The van der Waals surface area contributed by atoms with Gasteiger partial charge >= 0.3 is 0 Å². The Kier molecular flexibility index (Phi) is 6.26. The molecule has 0 spiro atoms. The van der Waals surface area contributed by atoms with Crippen LogP contribution in [-0.4, -0.2) is 41.8 Å². The van der Waals surface area contributed by atoms with Gasteiger partial charge in [0.2, 0.25) is 5.91 Å². The first-order valence-electron chi connectivity index (χ1n) is 12.8. The first-order chi connectivity index (χ1) is 19.1. The summed E-state index contributed by atoms with van der Waals surface area (Å²) in [5.74, 6) is -0.000340. The van der Waals surface area contributed by atoms with Crippen molar-refractivity contribution in [3.05, 3.63) is 66.1 Å². The van der Waals surface area contributed by atoms with Gasteiger partial charge in [0.05, 0.1) is 22.5 Å². The van der Waals surface area contributed by atoms with Gasteiger partial charge in [-0.3, -0.25) is 19.7 Å². The lowest BCUT2D eigenvalue weighted by Gasteiger charge is -2.17. The topological polar surface area (TPSA) is 129 Å². The molecule has 0 atom stereocenters. The number of rotatable bonds is 6. The lowest BCUT2D eigenvalue weighted by atomic mass is 9.92. The largest absolute Gasteiger partial charge is 0.338 e. The summed E-state index contributed by atoms with van der Waals surface area (Å²) in [7, 11) is 0. The second-order valence-corrected chi connectivity index (χ2v) is 12.0. The molecule has 0 saturated carbocycles. The number of fused-ring (bicyclic) bond motifs is 2. The number of thiophene rings is 1. The molecule has 0 aliphatic rings. The number of carbonyl (C=O) groups is 2. The van der Waals surface area contributed by atoms with Crippen molar-refractivity contribution in [1.29, 1.82) is 0 Å². The van der Waals surface area contributed by atoms with E-state index in [2.05, 4.69) is 35.5 Å². The molecule has 10 heteroatoms. The molecule has 200 valence electrons. The third-order valence-electron chi connectivity index (χ3n) is 6.47. The zero-order chi connectivity index (χ0) is 28.0. The number of amides is 1. The van der Waals surface area contributed by atoms with Crippen molar-refractivity contribution in [3.63, 3.8) is 0 Å². The van der Waals surface area contributed by atoms with E-state index in [0.29, 0.717) is 23.4 Å². The van der Waals surface area contributed by atoms with Crippen molar-refractivity contribution in [3.8, 4) is 33.0 Å². The highest BCUT2D eigenvalue weighted by Gasteiger charge is 2.18. The molecule has 0 saturated heterocycles. The Morgan fingerprint density at radius 1 is 0.950 bits per heavy atom. The smallest absolute Gasteiger partial charge is 0.224 e. The van der Waals surface area contributed by atoms with E-state index in [1.165, 1.54) is 11.3 Å². The van der Waals surface area contributed by atoms with Crippen LogP contribution in [0.5, 0.6) is 0 Å². The molecule has 1 amide bonds. The maximum Gasteiger partial charge on any atom is 0.224 e. The molecular weight excluding hydrogens is 522 g/mol. The molecule has 0 unspecified atom stereocenters. The number of anilines is 1. The number of hydrogen-bond donors (Lipinski definition) is 3. The van der Waals surface area contributed by atoms with Crippen molar-refractivity contribution < 1.29 is 9.59 Å². The predicted octanol–water partition coefficient (Wildman–Crippen LogP) is 6.87. The van der Waals surface area contributed by atoms with Crippen LogP contribution in [0.1, 0.15) is 43.8 Å². The van der Waals surface area contributed by atoms with E-state index in [-0.39, 0.29) is 17.1 Å². The minimum Gasteiger partial charge on any atom is -0.338 e. The molecule has 40 heavy (non-hydrogen) atoms. The Morgan fingerprint density at radius 2 is 1.77 bits per heavy atom. The Labute approximate surface area is 234 Å². The van der Waals surface area contributed by atoms with Crippen LogP contribution in [0.25, 0.3) is 55.0 Å². The number of aromatic amines is 2. The van der Waals surface area contributed by atoms with Gasteiger partial charge in [0.15, 0.2) is 11.4 Å². The Balaban J connectivity index is 1.36. The Hall–Kier alpha value is -4.70. The number of Topliss-reactive ketones (excluding diaryl/α,β-unsaturated/α-hetero) is 1. The van der Waals surface area contributed by atoms with Crippen LogP contribution in [0.3, 0.4) is 0 Å². The molecular formula is C30H27N7O2S. The lowest BCUT2D eigenvalue weighted by molar-refractivity contribution is -0.117. The van der Waals surface area contributed by atoms with E-state index in [9.17, 15) is 9.59 Å². The molecule has 6 aromatic rings. The summed E-state index contributed by atoms with van der Waals surface area (Å²) in [6, 6.07) is 11.7. The van der Waals surface area contributed by atoms with E-state index in [1.54, 1.807) is 31.7 Å². The molecule has 0 radical (unpaired) electrons. The third kappa shape index (κ3) is 5.01. The van der Waals surface area contributed by atoms with Gasteiger partial charge in [-0.25, -0.2) is 9.97 Å². The molecule has 0 bridgehead atoms.